The van der Waals surface area contributed by atoms with Crippen LogP contribution < -0.4 is 5.32 Å². The Bertz CT molecular complexity index is 590. The summed E-state index contributed by atoms with van der Waals surface area (Å²) < 4.78 is 12.8. The second kappa shape index (κ2) is 6.33. The summed E-state index contributed by atoms with van der Waals surface area (Å²) in [4.78, 5) is 0. The molecule has 0 aromatic heterocycles. The molecule has 4 heteroatoms. The fourth-order valence-electron chi connectivity index (χ4n) is 1.76. The number of hydrogen-bond donors (Lipinski definition) is 1. The highest BCUT2D eigenvalue weighted by molar-refractivity contribution is 6.31. The maximum absolute atomic E-state index is 12.8. The minimum absolute atomic E-state index is 0.272. The average molecular weight is 275 g/mol. The first-order valence-corrected chi connectivity index (χ1v) is 6.20. The van der Waals surface area contributed by atoms with Crippen molar-refractivity contribution in [1.82, 2.24) is 5.32 Å². The molecule has 1 atom stereocenters. The van der Waals surface area contributed by atoms with Gasteiger partial charge < -0.3 is 0 Å². The molecule has 0 fully saturated rings. The molecule has 1 N–H and O–H groups in total. The number of rotatable bonds is 4. The van der Waals surface area contributed by atoms with Gasteiger partial charge in [0, 0.05) is 17.1 Å². The Morgan fingerprint density at radius 2 is 1.84 bits per heavy atom. The molecule has 0 radical (unpaired) electrons. The van der Waals surface area contributed by atoms with Gasteiger partial charge in [-0.25, -0.2) is 4.39 Å². The molecule has 0 aliphatic carbocycles. The minimum Gasteiger partial charge on any atom is -0.294 e. The van der Waals surface area contributed by atoms with Gasteiger partial charge >= 0.3 is 0 Å². The number of nitriles is 1. The molecule has 0 bridgehead atoms. The summed E-state index contributed by atoms with van der Waals surface area (Å²) in [6.45, 7) is 0.476. The van der Waals surface area contributed by atoms with Gasteiger partial charge in [0.25, 0.3) is 0 Å². The molecule has 0 heterocycles. The van der Waals surface area contributed by atoms with Crippen LogP contribution in [0.2, 0.25) is 5.02 Å². The number of halogens is 2. The lowest BCUT2D eigenvalue weighted by Gasteiger charge is -2.13. The van der Waals surface area contributed by atoms with E-state index in [2.05, 4.69) is 11.4 Å². The summed E-state index contributed by atoms with van der Waals surface area (Å²) in [6.07, 6.45) is 0. The molecular formula is C15H12ClFN2. The van der Waals surface area contributed by atoms with Crippen molar-refractivity contribution in [3.05, 3.63) is 70.5 Å². The molecule has 0 spiro atoms. The van der Waals surface area contributed by atoms with E-state index in [0.717, 1.165) is 11.1 Å². The number of nitrogens with one attached hydrogen (secondary N) is 1. The topological polar surface area (TPSA) is 35.8 Å². The lowest BCUT2D eigenvalue weighted by atomic mass is 10.1. The summed E-state index contributed by atoms with van der Waals surface area (Å²) in [5.41, 5.74) is 1.66. The molecule has 19 heavy (non-hydrogen) atoms. The zero-order valence-corrected chi connectivity index (χ0v) is 10.9. The average Bonchev–Trinajstić information content (AvgIpc) is 2.43. The highest BCUT2D eigenvalue weighted by Gasteiger charge is 2.12. The van der Waals surface area contributed by atoms with Gasteiger partial charge in [0.1, 0.15) is 11.9 Å². The van der Waals surface area contributed by atoms with Gasteiger partial charge in [0.05, 0.1) is 6.07 Å². The molecular weight excluding hydrogens is 263 g/mol. The number of nitrogens with zero attached hydrogens (tertiary/aromatic N) is 1. The van der Waals surface area contributed by atoms with Crippen LogP contribution in [-0.4, -0.2) is 0 Å². The Morgan fingerprint density at radius 1 is 1.16 bits per heavy atom. The number of benzene rings is 2. The maximum atomic E-state index is 12.8. The lowest BCUT2D eigenvalue weighted by Crippen LogP contribution is -2.19. The van der Waals surface area contributed by atoms with Gasteiger partial charge in [-0.05, 0) is 23.8 Å². The van der Waals surface area contributed by atoms with Crippen molar-refractivity contribution in [2.24, 2.45) is 0 Å². The van der Waals surface area contributed by atoms with Gasteiger partial charge in [-0.15, -0.1) is 0 Å². The van der Waals surface area contributed by atoms with Crippen LogP contribution in [0, 0.1) is 17.1 Å². The van der Waals surface area contributed by atoms with E-state index in [4.69, 9.17) is 11.6 Å². The molecule has 2 aromatic carbocycles. The third kappa shape index (κ3) is 3.54. The normalized spacial score (nSPS) is 11.8. The Kier molecular flexibility index (Phi) is 4.51. The van der Waals surface area contributed by atoms with E-state index >= 15 is 0 Å². The second-order valence-corrected chi connectivity index (χ2v) is 4.50. The first-order valence-electron chi connectivity index (χ1n) is 5.82. The van der Waals surface area contributed by atoms with Crippen LogP contribution in [0.4, 0.5) is 4.39 Å². The maximum Gasteiger partial charge on any atom is 0.123 e. The second-order valence-electron chi connectivity index (χ2n) is 4.09. The van der Waals surface area contributed by atoms with Crippen LogP contribution in [0.5, 0.6) is 0 Å². The zero-order chi connectivity index (χ0) is 13.7. The third-order valence-corrected chi connectivity index (χ3v) is 3.11. The summed E-state index contributed by atoms with van der Waals surface area (Å²) in [6, 6.07) is 15.1. The molecule has 0 aliphatic heterocycles. The van der Waals surface area contributed by atoms with E-state index in [9.17, 15) is 9.65 Å². The lowest BCUT2D eigenvalue weighted by molar-refractivity contribution is 0.616. The van der Waals surface area contributed by atoms with E-state index < -0.39 is 6.04 Å². The molecule has 2 aromatic rings. The number of hydrogen-bond acceptors (Lipinski definition) is 2. The van der Waals surface area contributed by atoms with Crippen LogP contribution in [0.3, 0.4) is 0 Å². The SMILES string of the molecule is N#CC(NCc1ccc(F)cc1)c1ccccc1Cl. The van der Waals surface area contributed by atoms with Crippen molar-refractivity contribution < 1.29 is 4.39 Å². The van der Waals surface area contributed by atoms with Crippen LogP contribution in [-0.2, 0) is 6.54 Å². The first-order chi connectivity index (χ1) is 9.20. The fraction of sp³-hybridized carbons (Fsp3) is 0.133. The monoisotopic (exact) mass is 274 g/mol. The van der Waals surface area contributed by atoms with E-state index in [1.54, 1.807) is 18.2 Å². The molecule has 2 nitrogen and oxygen atoms in total. The van der Waals surface area contributed by atoms with Crippen molar-refractivity contribution in [3.8, 4) is 6.07 Å². The van der Waals surface area contributed by atoms with Gasteiger partial charge in [-0.2, -0.15) is 5.26 Å². The van der Waals surface area contributed by atoms with E-state index in [1.165, 1.54) is 12.1 Å². The Morgan fingerprint density at radius 3 is 2.47 bits per heavy atom. The molecule has 0 saturated heterocycles. The molecule has 96 valence electrons. The van der Waals surface area contributed by atoms with Crippen LogP contribution in [0.15, 0.2) is 48.5 Å². The first kappa shape index (κ1) is 13.5. The quantitative estimate of drug-likeness (QED) is 0.920. The zero-order valence-electron chi connectivity index (χ0n) is 10.1. The van der Waals surface area contributed by atoms with Gasteiger partial charge in [-0.1, -0.05) is 41.9 Å². The molecule has 2 rings (SSSR count). The highest BCUT2D eigenvalue weighted by Crippen LogP contribution is 2.22. The summed E-state index contributed by atoms with van der Waals surface area (Å²) in [5.74, 6) is -0.272. The predicted octanol–water partition coefficient (Wildman–Crippen LogP) is 3.83. The summed E-state index contributed by atoms with van der Waals surface area (Å²) in [5, 5.41) is 12.8. The van der Waals surface area contributed by atoms with Crippen molar-refractivity contribution in [2.75, 3.05) is 0 Å². The highest BCUT2D eigenvalue weighted by atomic mass is 35.5. The van der Waals surface area contributed by atoms with E-state index in [-0.39, 0.29) is 5.82 Å². The molecule has 0 saturated carbocycles. The van der Waals surface area contributed by atoms with Gasteiger partial charge in [0.15, 0.2) is 0 Å². The fourth-order valence-corrected chi connectivity index (χ4v) is 2.00. The Labute approximate surface area is 116 Å². The Hall–Kier alpha value is -1.89. The smallest absolute Gasteiger partial charge is 0.123 e. The van der Waals surface area contributed by atoms with Crippen LogP contribution in [0.1, 0.15) is 17.2 Å². The summed E-state index contributed by atoms with van der Waals surface area (Å²) >= 11 is 6.06. The van der Waals surface area contributed by atoms with Crippen molar-refractivity contribution in [3.63, 3.8) is 0 Å². The van der Waals surface area contributed by atoms with E-state index in [1.807, 2.05) is 18.2 Å². The summed E-state index contributed by atoms with van der Waals surface area (Å²) in [7, 11) is 0. The van der Waals surface area contributed by atoms with Crippen molar-refractivity contribution >= 4 is 11.6 Å². The van der Waals surface area contributed by atoms with E-state index in [0.29, 0.717) is 11.6 Å². The van der Waals surface area contributed by atoms with Crippen LogP contribution >= 0.6 is 11.6 Å². The minimum atomic E-state index is -0.487. The molecule has 0 amide bonds. The standard InChI is InChI=1S/C15H12ClFN2/c16-14-4-2-1-3-13(14)15(9-18)19-10-11-5-7-12(17)8-6-11/h1-8,15,19H,10H2. The van der Waals surface area contributed by atoms with Crippen LogP contribution in [0.25, 0.3) is 0 Å². The third-order valence-electron chi connectivity index (χ3n) is 2.77. The van der Waals surface area contributed by atoms with Gasteiger partial charge in [-0.3, -0.25) is 5.32 Å². The van der Waals surface area contributed by atoms with Crippen molar-refractivity contribution in [2.45, 2.75) is 12.6 Å². The predicted molar refractivity (Wildman–Crippen MR) is 73.0 cm³/mol. The largest absolute Gasteiger partial charge is 0.294 e. The molecule has 1 unspecified atom stereocenters. The van der Waals surface area contributed by atoms with Crippen molar-refractivity contribution in [1.29, 1.82) is 5.26 Å². The Balaban J connectivity index is 2.07. The van der Waals surface area contributed by atoms with Gasteiger partial charge in [0.2, 0.25) is 0 Å². The molecule has 0 aliphatic rings.